The highest BCUT2D eigenvalue weighted by atomic mass is 16.3. The lowest BCUT2D eigenvalue weighted by Crippen LogP contribution is -2.60. The maximum atomic E-state index is 12.1. The molecule has 0 saturated heterocycles. The van der Waals surface area contributed by atoms with Crippen LogP contribution in [0, 0.1) is 46.3 Å². The minimum atomic E-state index is -0.368. The number of ketones is 1. The first kappa shape index (κ1) is 22.5. The highest BCUT2D eigenvalue weighted by Gasteiger charge is 2.64. The monoisotopic (exact) mass is 416 g/mol. The van der Waals surface area contributed by atoms with E-state index in [1.807, 2.05) is 6.08 Å². The summed E-state index contributed by atoms with van der Waals surface area (Å²) >= 11 is 0. The average molecular weight is 417 g/mol. The molecule has 4 aliphatic carbocycles. The zero-order chi connectivity index (χ0) is 21.8. The topological polar surface area (TPSA) is 57.5 Å². The maximum absolute atomic E-state index is 12.1. The average Bonchev–Trinajstić information content (AvgIpc) is 3.02. The van der Waals surface area contributed by atoms with E-state index in [1.165, 1.54) is 25.7 Å². The summed E-state index contributed by atoms with van der Waals surface area (Å²) in [5.74, 6) is 3.11. The largest absolute Gasteiger partial charge is 0.393 e. The van der Waals surface area contributed by atoms with Gasteiger partial charge in [-0.05, 0) is 84.5 Å². The van der Waals surface area contributed by atoms with E-state index in [9.17, 15) is 15.0 Å². The van der Waals surface area contributed by atoms with Gasteiger partial charge in [0.25, 0.3) is 0 Å². The lowest BCUT2D eigenvalue weighted by Gasteiger charge is -2.61. The van der Waals surface area contributed by atoms with Gasteiger partial charge >= 0.3 is 0 Å². The summed E-state index contributed by atoms with van der Waals surface area (Å²) in [6, 6.07) is 0. The van der Waals surface area contributed by atoms with Crippen LogP contribution in [0.5, 0.6) is 0 Å². The third-order valence-corrected chi connectivity index (χ3v) is 10.3. The molecule has 0 aromatic carbocycles. The molecule has 170 valence electrons. The molecule has 2 N–H and O–H groups in total. The molecular weight excluding hydrogens is 372 g/mol. The first-order valence-electron chi connectivity index (χ1n) is 12.7. The molecule has 0 spiro atoms. The van der Waals surface area contributed by atoms with Crippen LogP contribution in [0.25, 0.3) is 0 Å². The number of carbonyl (C=O) groups is 1. The number of aliphatic hydroxyl groups is 2. The Labute approximate surface area is 183 Å². The highest BCUT2D eigenvalue weighted by molar-refractivity contribution is 5.91. The summed E-state index contributed by atoms with van der Waals surface area (Å²) in [5, 5.41) is 22.9. The van der Waals surface area contributed by atoms with Gasteiger partial charge in [0.1, 0.15) is 0 Å². The third kappa shape index (κ3) is 3.43. The van der Waals surface area contributed by atoms with Crippen molar-refractivity contribution in [1.29, 1.82) is 0 Å². The third-order valence-electron chi connectivity index (χ3n) is 10.3. The fourth-order valence-electron chi connectivity index (χ4n) is 8.51. The predicted octanol–water partition coefficient (Wildman–Crippen LogP) is 5.54. The molecule has 0 aromatic rings. The first-order valence-corrected chi connectivity index (χ1v) is 12.7. The van der Waals surface area contributed by atoms with Crippen LogP contribution in [0.2, 0.25) is 0 Å². The van der Waals surface area contributed by atoms with E-state index < -0.39 is 0 Å². The Kier molecular flexibility index (Phi) is 6.03. The molecule has 4 aliphatic rings. The first-order chi connectivity index (χ1) is 14.1. The van der Waals surface area contributed by atoms with Crippen LogP contribution in [0.4, 0.5) is 0 Å². The zero-order valence-corrected chi connectivity index (χ0v) is 19.9. The molecule has 0 bridgehead atoms. The molecule has 0 amide bonds. The van der Waals surface area contributed by atoms with Gasteiger partial charge < -0.3 is 10.2 Å². The number of aliphatic hydroxyl groups excluding tert-OH is 2. The number of hydrogen-bond acceptors (Lipinski definition) is 3. The van der Waals surface area contributed by atoms with E-state index in [0.717, 1.165) is 30.8 Å². The van der Waals surface area contributed by atoms with E-state index in [4.69, 9.17) is 0 Å². The second kappa shape index (κ2) is 8.03. The second-order valence-electron chi connectivity index (χ2n) is 12.2. The number of hydrogen-bond donors (Lipinski definition) is 2. The smallest absolute Gasteiger partial charge is 0.155 e. The van der Waals surface area contributed by atoms with E-state index in [-0.39, 0.29) is 34.7 Å². The Balaban J connectivity index is 1.59. The van der Waals surface area contributed by atoms with Crippen molar-refractivity contribution in [2.24, 2.45) is 46.3 Å². The van der Waals surface area contributed by atoms with E-state index >= 15 is 0 Å². The van der Waals surface area contributed by atoms with Crippen molar-refractivity contribution in [2.75, 3.05) is 0 Å². The SMILES string of the molecule is CC(C)CCC[C@@H](C)[C@H]1CC[C@H]2[C@@H]3[C@H](O)CC4=CC(=O)CC[C@]4(C)[C@H]3C[C@H](O)[C@]12C. The van der Waals surface area contributed by atoms with Crippen LogP contribution in [-0.2, 0) is 4.79 Å². The Bertz CT molecular complexity index is 696. The Morgan fingerprint density at radius 3 is 2.53 bits per heavy atom. The molecule has 0 heterocycles. The fraction of sp³-hybridized carbons (Fsp3) is 0.889. The summed E-state index contributed by atoms with van der Waals surface area (Å²) in [7, 11) is 0. The molecule has 3 heteroatoms. The molecule has 3 saturated carbocycles. The number of carbonyl (C=O) groups excluding carboxylic acids is 1. The maximum Gasteiger partial charge on any atom is 0.155 e. The van der Waals surface area contributed by atoms with E-state index in [0.29, 0.717) is 36.5 Å². The summed E-state index contributed by atoms with van der Waals surface area (Å²) in [6.07, 6.45) is 10.2. The van der Waals surface area contributed by atoms with Crippen molar-refractivity contribution in [3.05, 3.63) is 11.6 Å². The van der Waals surface area contributed by atoms with Crippen molar-refractivity contribution < 1.29 is 15.0 Å². The van der Waals surface area contributed by atoms with Gasteiger partial charge in [-0.2, -0.15) is 0 Å². The lowest BCUT2D eigenvalue weighted by molar-refractivity contribution is -0.168. The summed E-state index contributed by atoms with van der Waals surface area (Å²) in [5.41, 5.74) is 1.04. The Morgan fingerprint density at radius 2 is 1.83 bits per heavy atom. The summed E-state index contributed by atoms with van der Waals surface area (Å²) in [4.78, 5) is 12.1. The normalized spacial score (nSPS) is 46.8. The second-order valence-corrected chi connectivity index (χ2v) is 12.2. The van der Waals surface area contributed by atoms with Crippen LogP contribution in [0.3, 0.4) is 0 Å². The number of fused-ring (bicyclic) bond motifs is 5. The van der Waals surface area contributed by atoms with Gasteiger partial charge in [-0.3, -0.25) is 4.79 Å². The van der Waals surface area contributed by atoms with Crippen LogP contribution >= 0.6 is 0 Å². The van der Waals surface area contributed by atoms with Crippen molar-refractivity contribution >= 4 is 5.78 Å². The molecule has 0 radical (unpaired) electrons. The molecule has 0 aliphatic heterocycles. The summed E-state index contributed by atoms with van der Waals surface area (Å²) < 4.78 is 0. The van der Waals surface area contributed by atoms with Gasteiger partial charge in [-0.15, -0.1) is 0 Å². The van der Waals surface area contributed by atoms with Crippen LogP contribution in [0.15, 0.2) is 11.6 Å². The standard InChI is InChI=1S/C27H44O3/c1-16(2)7-6-8-17(3)20-9-10-21-25-22(15-24(30)27(20,21)5)26(4)12-11-19(28)13-18(26)14-23(25)29/h13,16-17,20-25,29-30H,6-12,14-15H2,1-5H3/t17-,20-,21+,22+,23-,24+,25+,26+,27-/m1/s1. The quantitative estimate of drug-likeness (QED) is 0.619. The molecule has 0 aromatic heterocycles. The Hall–Kier alpha value is -0.670. The van der Waals surface area contributed by atoms with Crippen molar-refractivity contribution in [1.82, 2.24) is 0 Å². The molecule has 4 rings (SSSR count). The minimum Gasteiger partial charge on any atom is -0.393 e. The van der Waals surface area contributed by atoms with Gasteiger partial charge in [0.15, 0.2) is 5.78 Å². The molecule has 30 heavy (non-hydrogen) atoms. The van der Waals surface area contributed by atoms with Crippen molar-refractivity contribution in [3.8, 4) is 0 Å². The van der Waals surface area contributed by atoms with Gasteiger partial charge in [-0.25, -0.2) is 0 Å². The molecular formula is C27H44O3. The molecule has 3 nitrogen and oxygen atoms in total. The fourth-order valence-corrected chi connectivity index (χ4v) is 8.51. The van der Waals surface area contributed by atoms with Crippen LogP contribution in [0.1, 0.15) is 92.4 Å². The van der Waals surface area contributed by atoms with Crippen molar-refractivity contribution in [2.45, 2.75) is 105 Å². The Morgan fingerprint density at radius 1 is 1.10 bits per heavy atom. The zero-order valence-electron chi connectivity index (χ0n) is 19.9. The van der Waals surface area contributed by atoms with Crippen LogP contribution in [-0.4, -0.2) is 28.2 Å². The molecule has 9 atom stereocenters. The van der Waals surface area contributed by atoms with Gasteiger partial charge in [0.2, 0.25) is 0 Å². The highest BCUT2D eigenvalue weighted by Crippen LogP contribution is 2.67. The summed E-state index contributed by atoms with van der Waals surface area (Å²) in [6.45, 7) is 11.7. The molecule has 0 unspecified atom stereocenters. The van der Waals surface area contributed by atoms with Crippen LogP contribution < -0.4 is 0 Å². The van der Waals surface area contributed by atoms with Gasteiger partial charge in [0, 0.05) is 6.42 Å². The van der Waals surface area contributed by atoms with Gasteiger partial charge in [0.05, 0.1) is 12.2 Å². The van der Waals surface area contributed by atoms with E-state index in [2.05, 4.69) is 34.6 Å². The number of rotatable bonds is 5. The predicted molar refractivity (Wildman–Crippen MR) is 121 cm³/mol. The molecule has 3 fully saturated rings. The van der Waals surface area contributed by atoms with Gasteiger partial charge in [-0.1, -0.05) is 59.5 Å². The van der Waals surface area contributed by atoms with E-state index in [1.54, 1.807) is 0 Å². The minimum absolute atomic E-state index is 0.0267. The van der Waals surface area contributed by atoms with Crippen molar-refractivity contribution in [3.63, 3.8) is 0 Å². The lowest BCUT2D eigenvalue weighted by atomic mass is 9.45.